The molecule has 1 N–H and O–H groups in total. The number of fused-ring (bicyclic) bond motifs is 1. The van der Waals surface area contributed by atoms with Crippen molar-refractivity contribution in [3.05, 3.63) is 64.2 Å². The standard InChI is InChI=1S/C21H22ClN5O2/c1-25-8-10-26(11-9-25)19-7-6-15(22)12-18(19)24-20(28)13-27-14-23-17-5-3-2-4-16(17)21(27)29/h2-7,12,14H,8-11,13H2,1H3,(H,24,28). The minimum absolute atomic E-state index is 0.120. The van der Waals surface area contributed by atoms with Gasteiger partial charge in [-0.1, -0.05) is 23.7 Å². The van der Waals surface area contributed by atoms with Crippen LogP contribution in [0.3, 0.4) is 0 Å². The summed E-state index contributed by atoms with van der Waals surface area (Å²) in [6.07, 6.45) is 1.41. The molecule has 1 aliphatic rings. The highest BCUT2D eigenvalue weighted by Gasteiger charge is 2.18. The molecule has 0 aliphatic carbocycles. The summed E-state index contributed by atoms with van der Waals surface area (Å²) < 4.78 is 1.32. The number of piperazine rings is 1. The van der Waals surface area contributed by atoms with E-state index in [2.05, 4.69) is 27.1 Å². The van der Waals surface area contributed by atoms with Crippen LogP contribution in [-0.4, -0.2) is 53.6 Å². The third-order valence-corrected chi connectivity index (χ3v) is 5.36. The Bertz CT molecular complexity index is 1110. The second kappa shape index (κ2) is 8.23. The van der Waals surface area contributed by atoms with Gasteiger partial charge in [0.15, 0.2) is 0 Å². The van der Waals surface area contributed by atoms with Crippen molar-refractivity contribution in [2.45, 2.75) is 6.54 Å². The van der Waals surface area contributed by atoms with Gasteiger partial charge in [0.1, 0.15) is 6.54 Å². The number of amides is 1. The molecule has 4 rings (SSSR count). The molecule has 1 aromatic heterocycles. The predicted molar refractivity (Wildman–Crippen MR) is 116 cm³/mol. The minimum atomic E-state index is -0.304. The monoisotopic (exact) mass is 411 g/mol. The lowest BCUT2D eigenvalue weighted by Crippen LogP contribution is -2.44. The summed E-state index contributed by atoms with van der Waals surface area (Å²) in [5.74, 6) is -0.304. The van der Waals surface area contributed by atoms with Crippen molar-refractivity contribution in [2.24, 2.45) is 0 Å². The number of benzene rings is 2. The summed E-state index contributed by atoms with van der Waals surface area (Å²) in [7, 11) is 2.09. The molecule has 0 bridgehead atoms. The van der Waals surface area contributed by atoms with E-state index in [4.69, 9.17) is 11.6 Å². The topological polar surface area (TPSA) is 70.5 Å². The van der Waals surface area contributed by atoms with Gasteiger partial charge in [0, 0.05) is 31.2 Å². The number of para-hydroxylation sites is 1. The van der Waals surface area contributed by atoms with Crippen LogP contribution in [0.1, 0.15) is 0 Å². The maximum Gasteiger partial charge on any atom is 0.261 e. The second-order valence-electron chi connectivity index (χ2n) is 7.19. The Kier molecular flexibility index (Phi) is 5.51. The third kappa shape index (κ3) is 4.26. The highest BCUT2D eigenvalue weighted by Crippen LogP contribution is 2.30. The lowest BCUT2D eigenvalue weighted by Gasteiger charge is -2.35. The Morgan fingerprint density at radius 2 is 1.90 bits per heavy atom. The molecule has 8 heteroatoms. The Balaban J connectivity index is 1.55. The smallest absolute Gasteiger partial charge is 0.261 e. The van der Waals surface area contributed by atoms with Gasteiger partial charge in [0.2, 0.25) is 5.91 Å². The van der Waals surface area contributed by atoms with Gasteiger partial charge in [-0.2, -0.15) is 0 Å². The van der Waals surface area contributed by atoms with Gasteiger partial charge >= 0.3 is 0 Å². The molecule has 2 aromatic carbocycles. The minimum Gasteiger partial charge on any atom is -0.367 e. The Morgan fingerprint density at radius 3 is 2.69 bits per heavy atom. The van der Waals surface area contributed by atoms with Gasteiger partial charge in [0.05, 0.1) is 28.6 Å². The zero-order valence-electron chi connectivity index (χ0n) is 16.1. The van der Waals surface area contributed by atoms with Crippen molar-refractivity contribution in [3.8, 4) is 0 Å². The first-order valence-corrected chi connectivity index (χ1v) is 9.86. The van der Waals surface area contributed by atoms with E-state index in [0.717, 1.165) is 31.9 Å². The zero-order chi connectivity index (χ0) is 20.4. The zero-order valence-corrected chi connectivity index (χ0v) is 16.9. The molecule has 2 heterocycles. The summed E-state index contributed by atoms with van der Waals surface area (Å²) in [5.41, 5.74) is 1.95. The molecule has 7 nitrogen and oxygen atoms in total. The number of likely N-dealkylation sites (N-methyl/N-ethyl adjacent to an activating group) is 1. The van der Waals surface area contributed by atoms with Crippen LogP contribution < -0.4 is 15.8 Å². The summed E-state index contributed by atoms with van der Waals surface area (Å²) in [6, 6.07) is 12.6. The Hall–Kier alpha value is -2.90. The third-order valence-electron chi connectivity index (χ3n) is 5.12. The molecule has 1 amide bonds. The van der Waals surface area contributed by atoms with Crippen molar-refractivity contribution in [2.75, 3.05) is 43.4 Å². The molecular formula is C21H22ClN5O2. The molecule has 0 saturated carbocycles. The number of aromatic nitrogens is 2. The van der Waals surface area contributed by atoms with E-state index in [1.807, 2.05) is 18.2 Å². The largest absolute Gasteiger partial charge is 0.367 e. The average Bonchev–Trinajstić information content (AvgIpc) is 2.71. The molecule has 29 heavy (non-hydrogen) atoms. The van der Waals surface area contributed by atoms with Gasteiger partial charge in [0.25, 0.3) is 5.56 Å². The number of hydrogen-bond acceptors (Lipinski definition) is 5. The van der Waals surface area contributed by atoms with Crippen molar-refractivity contribution in [1.29, 1.82) is 0 Å². The summed E-state index contributed by atoms with van der Waals surface area (Å²) in [5, 5.41) is 3.95. The fourth-order valence-electron chi connectivity index (χ4n) is 3.49. The van der Waals surface area contributed by atoms with E-state index in [0.29, 0.717) is 21.6 Å². The first-order chi connectivity index (χ1) is 14.0. The van der Waals surface area contributed by atoms with Crippen LogP contribution >= 0.6 is 11.6 Å². The molecule has 1 saturated heterocycles. The highest BCUT2D eigenvalue weighted by atomic mass is 35.5. The summed E-state index contributed by atoms with van der Waals surface area (Å²) >= 11 is 6.17. The lowest BCUT2D eigenvalue weighted by molar-refractivity contribution is -0.116. The molecule has 0 spiro atoms. The number of nitrogens with zero attached hydrogens (tertiary/aromatic N) is 4. The summed E-state index contributed by atoms with van der Waals surface area (Å²) in [4.78, 5) is 34.1. The number of carbonyl (C=O) groups excluding carboxylic acids is 1. The van der Waals surface area contributed by atoms with Crippen molar-refractivity contribution < 1.29 is 4.79 Å². The molecule has 1 aliphatic heterocycles. The van der Waals surface area contributed by atoms with Crippen LogP contribution in [0.15, 0.2) is 53.6 Å². The number of anilines is 2. The fourth-order valence-corrected chi connectivity index (χ4v) is 3.67. The fraction of sp³-hybridized carbons (Fsp3) is 0.286. The second-order valence-corrected chi connectivity index (χ2v) is 7.63. The van der Waals surface area contributed by atoms with Gasteiger partial charge in [-0.05, 0) is 37.4 Å². The molecule has 0 atom stereocenters. The van der Waals surface area contributed by atoms with E-state index in [1.165, 1.54) is 10.9 Å². The number of rotatable bonds is 4. The Labute approximate surface area is 173 Å². The van der Waals surface area contributed by atoms with Crippen molar-refractivity contribution in [1.82, 2.24) is 14.5 Å². The van der Waals surface area contributed by atoms with Crippen LogP contribution in [0.25, 0.3) is 10.9 Å². The molecule has 150 valence electrons. The van der Waals surface area contributed by atoms with Crippen LogP contribution in [0.2, 0.25) is 5.02 Å². The number of halogens is 1. The maximum atomic E-state index is 12.7. The normalized spacial score (nSPS) is 14.9. The first-order valence-electron chi connectivity index (χ1n) is 9.48. The lowest BCUT2D eigenvalue weighted by atomic mass is 10.2. The SMILES string of the molecule is CN1CCN(c2ccc(Cl)cc2NC(=O)Cn2cnc3ccccc3c2=O)CC1. The molecule has 3 aromatic rings. The Morgan fingerprint density at radius 1 is 1.14 bits per heavy atom. The van der Waals surface area contributed by atoms with Crippen LogP contribution in [0.5, 0.6) is 0 Å². The van der Waals surface area contributed by atoms with Crippen LogP contribution in [0, 0.1) is 0 Å². The molecular weight excluding hydrogens is 390 g/mol. The number of hydrogen-bond donors (Lipinski definition) is 1. The van der Waals surface area contributed by atoms with E-state index >= 15 is 0 Å². The quantitative estimate of drug-likeness (QED) is 0.714. The number of nitrogens with one attached hydrogen (secondary N) is 1. The van der Waals surface area contributed by atoms with Crippen molar-refractivity contribution >= 4 is 39.8 Å². The van der Waals surface area contributed by atoms with Crippen molar-refractivity contribution in [3.63, 3.8) is 0 Å². The van der Waals surface area contributed by atoms with Gasteiger partial charge in [-0.15, -0.1) is 0 Å². The maximum absolute atomic E-state index is 12.7. The van der Waals surface area contributed by atoms with E-state index in [9.17, 15) is 9.59 Å². The van der Waals surface area contributed by atoms with Gasteiger partial charge in [-0.25, -0.2) is 4.98 Å². The molecule has 0 unspecified atom stereocenters. The van der Waals surface area contributed by atoms with Gasteiger partial charge in [-0.3, -0.25) is 14.2 Å². The first kappa shape index (κ1) is 19.4. The predicted octanol–water partition coefficient (Wildman–Crippen LogP) is 2.44. The van der Waals surface area contributed by atoms with Crippen LogP contribution in [-0.2, 0) is 11.3 Å². The van der Waals surface area contributed by atoms with E-state index in [1.54, 1.807) is 24.3 Å². The summed E-state index contributed by atoms with van der Waals surface area (Å²) in [6.45, 7) is 3.53. The highest BCUT2D eigenvalue weighted by molar-refractivity contribution is 6.31. The molecule has 1 fully saturated rings. The average molecular weight is 412 g/mol. The van der Waals surface area contributed by atoms with E-state index < -0.39 is 0 Å². The van der Waals surface area contributed by atoms with Crippen LogP contribution in [0.4, 0.5) is 11.4 Å². The van der Waals surface area contributed by atoms with E-state index in [-0.39, 0.29) is 18.0 Å². The van der Waals surface area contributed by atoms with Gasteiger partial charge < -0.3 is 15.1 Å². The number of carbonyl (C=O) groups is 1. The molecule has 0 radical (unpaired) electrons.